The Bertz CT molecular complexity index is 925. The van der Waals surface area contributed by atoms with E-state index in [-0.39, 0.29) is 18.1 Å². The van der Waals surface area contributed by atoms with Crippen LogP contribution < -0.4 is 16.5 Å². The maximum Gasteiger partial charge on any atom is 0.167 e. The number of nitrogens with zero attached hydrogens (tertiary/aromatic N) is 1. The van der Waals surface area contributed by atoms with Gasteiger partial charge in [-0.25, -0.2) is 0 Å². The number of nitrogen functional groups attached to an aromatic ring is 1. The van der Waals surface area contributed by atoms with Crippen molar-refractivity contribution in [2.45, 2.75) is 12.8 Å². The molecule has 1 unspecified atom stereocenters. The molecule has 6 heteroatoms. The van der Waals surface area contributed by atoms with Gasteiger partial charge in [0.1, 0.15) is 6.29 Å². The summed E-state index contributed by atoms with van der Waals surface area (Å²) < 4.78 is 1.57. The number of aldehydes is 1. The van der Waals surface area contributed by atoms with E-state index < -0.39 is 0 Å². The summed E-state index contributed by atoms with van der Waals surface area (Å²) in [7, 11) is 0. The Morgan fingerprint density at radius 1 is 1.23 bits per heavy atom. The number of nitrogens with two attached hydrogens (primary N) is 1. The zero-order valence-electron chi connectivity index (χ0n) is 14.2. The van der Waals surface area contributed by atoms with E-state index in [2.05, 4.69) is 10.6 Å². The highest BCUT2D eigenvalue weighted by molar-refractivity contribution is 6.08. The molecule has 1 aromatic heterocycles. The first-order valence-corrected chi connectivity index (χ1v) is 8.62. The second-order valence-electron chi connectivity index (χ2n) is 6.53. The maximum absolute atomic E-state index is 12.8. The van der Waals surface area contributed by atoms with Crippen LogP contribution in [0.1, 0.15) is 28.2 Å². The van der Waals surface area contributed by atoms with Gasteiger partial charge in [-0.1, -0.05) is 24.3 Å². The van der Waals surface area contributed by atoms with Crippen LogP contribution in [0.4, 0.5) is 11.4 Å². The molecule has 0 saturated carbocycles. The van der Waals surface area contributed by atoms with Gasteiger partial charge in [-0.05, 0) is 24.4 Å². The molecule has 0 bridgehead atoms. The number of dihydropyridines is 1. The van der Waals surface area contributed by atoms with Crippen LogP contribution in [0.3, 0.4) is 0 Å². The molecule has 0 fully saturated rings. The summed E-state index contributed by atoms with van der Waals surface area (Å²) in [5.41, 5.74) is 4.59. The van der Waals surface area contributed by atoms with Crippen LogP contribution in [0, 0.1) is 5.92 Å². The highest BCUT2D eigenvalue weighted by Crippen LogP contribution is 2.39. The average Bonchev–Trinajstić information content (AvgIpc) is 2.95. The molecule has 2 aromatic rings. The fourth-order valence-electron chi connectivity index (χ4n) is 3.60. The fourth-order valence-corrected chi connectivity index (χ4v) is 3.60. The van der Waals surface area contributed by atoms with E-state index >= 15 is 0 Å². The summed E-state index contributed by atoms with van der Waals surface area (Å²) in [5.74, 6) is 6.03. The maximum atomic E-state index is 12.8. The van der Waals surface area contributed by atoms with Crippen LogP contribution in [-0.4, -0.2) is 23.3 Å². The predicted molar refractivity (Wildman–Crippen MR) is 102 cm³/mol. The van der Waals surface area contributed by atoms with E-state index in [1.54, 1.807) is 4.68 Å². The van der Waals surface area contributed by atoms with Crippen molar-refractivity contribution in [3.8, 4) is 0 Å². The molecule has 1 aromatic carbocycles. The van der Waals surface area contributed by atoms with E-state index in [1.165, 1.54) is 0 Å². The number of carbonyl (C=O) groups excluding carboxylic acids is 2. The molecule has 0 amide bonds. The van der Waals surface area contributed by atoms with E-state index in [1.807, 2.05) is 48.7 Å². The number of para-hydroxylation sites is 1. The molecule has 4 N–H and O–H groups in total. The molecule has 1 aliphatic carbocycles. The number of nitrogens with one attached hydrogen (secondary N) is 2. The van der Waals surface area contributed by atoms with Gasteiger partial charge in [0.05, 0.1) is 22.6 Å². The number of fused-ring (bicyclic) bond motifs is 1. The Hall–Kier alpha value is -3.28. The van der Waals surface area contributed by atoms with Gasteiger partial charge in [-0.3, -0.25) is 9.47 Å². The number of hydrogen-bond acceptors (Lipinski definition) is 5. The normalized spacial score (nSPS) is 18.7. The lowest BCUT2D eigenvalue weighted by Crippen LogP contribution is -2.25. The Balaban J connectivity index is 1.89. The summed E-state index contributed by atoms with van der Waals surface area (Å²) in [6.07, 6.45) is 7.37. The van der Waals surface area contributed by atoms with Crippen LogP contribution in [0.2, 0.25) is 0 Å². The topological polar surface area (TPSA) is 89.2 Å². The van der Waals surface area contributed by atoms with Gasteiger partial charge in [0.2, 0.25) is 0 Å². The van der Waals surface area contributed by atoms with Gasteiger partial charge in [0.25, 0.3) is 0 Å². The summed E-state index contributed by atoms with van der Waals surface area (Å²) in [4.78, 5) is 24.1. The van der Waals surface area contributed by atoms with Gasteiger partial charge < -0.3 is 21.3 Å². The van der Waals surface area contributed by atoms with Gasteiger partial charge in [-0.15, -0.1) is 0 Å². The summed E-state index contributed by atoms with van der Waals surface area (Å²) in [6.45, 7) is 0.692. The first-order chi connectivity index (χ1) is 12.7. The molecular formula is C20H20N4O2. The predicted octanol–water partition coefficient (Wildman–Crippen LogP) is 2.39. The van der Waals surface area contributed by atoms with Crippen LogP contribution >= 0.6 is 0 Å². The third-order valence-corrected chi connectivity index (χ3v) is 4.82. The minimum atomic E-state index is -0.317. The zero-order chi connectivity index (χ0) is 18.1. The smallest absolute Gasteiger partial charge is 0.167 e. The number of allylic oxidation sites excluding steroid dienone is 2. The molecular weight excluding hydrogens is 328 g/mol. The first kappa shape index (κ1) is 16.2. The van der Waals surface area contributed by atoms with Crippen LogP contribution in [0.25, 0.3) is 5.57 Å². The van der Waals surface area contributed by atoms with Crippen molar-refractivity contribution >= 4 is 29.0 Å². The van der Waals surface area contributed by atoms with E-state index in [9.17, 15) is 9.59 Å². The number of hydrogen-bond donors (Lipinski definition) is 3. The van der Waals surface area contributed by atoms with Crippen molar-refractivity contribution in [2.75, 3.05) is 17.7 Å². The molecule has 6 nitrogen and oxygen atoms in total. The number of benzene rings is 1. The third kappa shape index (κ3) is 2.69. The third-order valence-electron chi connectivity index (χ3n) is 4.82. The quantitative estimate of drug-likeness (QED) is 0.583. The monoisotopic (exact) mass is 348 g/mol. The molecule has 0 saturated heterocycles. The number of aromatic nitrogens is 1. The van der Waals surface area contributed by atoms with Crippen molar-refractivity contribution in [2.24, 2.45) is 5.92 Å². The number of ketones is 1. The molecule has 2 aliphatic rings. The van der Waals surface area contributed by atoms with Gasteiger partial charge in [-0.2, -0.15) is 0 Å². The molecule has 26 heavy (non-hydrogen) atoms. The summed E-state index contributed by atoms with van der Waals surface area (Å²) in [6, 6.07) is 9.69. The Morgan fingerprint density at radius 3 is 2.73 bits per heavy atom. The number of Topliss-reactive ketones (excluding diaryl/α,β-unsaturated/α-hetero) is 1. The average molecular weight is 348 g/mol. The lowest BCUT2D eigenvalue weighted by molar-refractivity contribution is -0.111. The van der Waals surface area contributed by atoms with E-state index in [4.69, 9.17) is 5.84 Å². The van der Waals surface area contributed by atoms with E-state index in [0.29, 0.717) is 29.9 Å². The van der Waals surface area contributed by atoms with Crippen molar-refractivity contribution in [1.29, 1.82) is 0 Å². The second-order valence-corrected chi connectivity index (χ2v) is 6.53. The second kappa shape index (κ2) is 6.55. The first-order valence-electron chi connectivity index (χ1n) is 8.62. The van der Waals surface area contributed by atoms with Crippen molar-refractivity contribution < 1.29 is 9.59 Å². The van der Waals surface area contributed by atoms with Crippen LogP contribution in [0.15, 0.2) is 48.7 Å². The largest absolute Gasteiger partial charge is 0.387 e. The Morgan fingerprint density at radius 2 is 2.04 bits per heavy atom. The van der Waals surface area contributed by atoms with E-state index in [0.717, 1.165) is 23.2 Å². The summed E-state index contributed by atoms with van der Waals surface area (Å²) >= 11 is 0. The standard InChI is InChI=1S/C20H20N4O2/c21-24-16-10-13(12-25)11-17(26)18(16)19(23-15-4-2-1-3-5-15)20(24)14-6-8-22-9-7-14/h1-8,12-13,22-23H,9-11,21H2. The summed E-state index contributed by atoms with van der Waals surface area (Å²) in [5, 5.41) is 6.50. The molecule has 1 atom stereocenters. The van der Waals surface area contributed by atoms with Crippen LogP contribution in [0.5, 0.6) is 0 Å². The van der Waals surface area contributed by atoms with Crippen molar-refractivity contribution in [1.82, 2.24) is 9.99 Å². The minimum Gasteiger partial charge on any atom is -0.387 e. The van der Waals surface area contributed by atoms with Crippen molar-refractivity contribution in [3.63, 3.8) is 0 Å². The lowest BCUT2D eigenvalue weighted by atomic mass is 9.87. The molecule has 0 radical (unpaired) electrons. The SMILES string of the molecule is Nn1c2c(c(Nc3ccccc3)c1C1=CCNC=C1)C(=O)CC(C=O)C2. The van der Waals surface area contributed by atoms with Crippen molar-refractivity contribution in [3.05, 3.63) is 65.6 Å². The number of rotatable bonds is 4. The minimum absolute atomic E-state index is 0.0502. The fraction of sp³-hybridized carbons (Fsp3) is 0.200. The van der Waals surface area contributed by atoms with Gasteiger partial charge in [0, 0.05) is 36.6 Å². The molecule has 4 rings (SSSR count). The number of anilines is 2. The molecule has 1 aliphatic heterocycles. The highest BCUT2D eigenvalue weighted by atomic mass is 16.1. The zero-order valence-corrected chi connectivity index (χ0v) is 14.2. The molecule has 0 spiro atoms. The Labute approximate surface area is 151 Å². The molecule has 2 heterocycles. The van der Waals surface area contributed by atoms with Gasteiger partial charge >= 0.3 is 0 Å². The lowest BCUT2D eigenvalue weighted by Gasteiger charge is -2.18. The number of carbonyl (C=O) groups is 2. The van der Waals surface area contributed by atoms with Gasteiger partial charge in [0.15, 0.2) is 5.78 Å². The molecule has 132 valence electrons. The Kier molecular flexibility index (Phi) is 4.08. The highest BCUT2D eigenvalue weighted by Gasteiger charge is 2.34. The van der Waals surface area contributed by atoms with Crippen LogP contribution in [-0.2, 0) is 11.2 Å².